The first-order chi connectivity index (χ1) is 10.6. The van der Waals surface area contributed by atoms with Crippen LogP contribution in [-0.4, -0.2) is 53.8 Å². The molecule has 122 valence electrons. The summed E-state index contributed by atoms with van der Waals surface area (Å²) < 4.78 is 0. The van der Waals surface area contributed by atoms with Crippen molar-refractivity contribution in [3.05, 3.63) is 12.2 Å². The monoisotopic (exact) mass is 305 g/mol. The Morgan fingerprint density at radius 3 is 2.41 bits per heavy atom. The molecule has 0 spiro atoms. The maximum absolute atomic E-state index is 12.5. The summed E-state index contributed by atoms with van der Waals surface area (Å²) in [5.74, 6) is -0.294. The summed E-state index contributed by atoms with van der Waals surface area (Å²) in [4.78, 5) is 28.6. The molecular formula is C17H27N3O2. The number of piperazine rings is 1. The van der Waals surface area contributed by atoms with Gasteiger partial charge in [0, 0.05) is 38.6 Å². The van der Waals surface area contributed by atoms with E-state index in [2.05, 4.69) is 4.90 Å². The molecule has 5 heteroatoms. The van der Waals surface area contributed by atoms with Gasteiger partial charge in [-0.2, -0.15) is 0 Å². The smallest absolute Gasteiger partial charge is 0.224 e. The predicted molar refractivity (Wildman–Crippen MR) is 85.0 cm³/mol. The highest BCUT2D eigenvalue weighted by atomic mass is 16.2. The Kier molecular flexibility index (Phi) is 4.81. The summed E-state index contributed by atoms with van der Waals surface area (Å²) >= 11 is 0. The second-order valence-corrected chi connectivity index (χ2v) is 6.90. The molecule has 2 aliphatic carbocycles. The molecule has 2 fully saturated rings. The van der Waals surface area contributed by atoms with E-state index >= 15 is 0 Å². The first-order valence-electron chi connectivity index (χ1n) is 8.63. The normalized spacial score (nSPS) is 30.1. The molecule has 0 bridgehead atoms. The van der Waals surface area contributed by atoms with Gasteiger partial charge in [-0.3, -0.25) is 14.5 Å². The van der Waals surface area contributed by atoms with Gasteiger partial charge < -0.3 is 10.6 Å². The standard InChI is InChI=1S/C17H27N3O2/c18-17(22)15-7-2-1-4-13(15)12-16(21)20-10-8-19(9-11-20)14-5-3-6-14/h2,7,13-15H,1,3-6,8-12H2,(H2,18,22). The summed E-state index contributed by atoms with van der Waals surface area (Å²) in [7, 11) is 0. The average molecular weight is 305 g/mol. The van der Waals surface area contributed by atoms with E-state index in [1.807, 2.05) is 17.1 Å². The number of allylic oxidation sites excluding steroid dienone is 1. The Labute approximate surface area is 132 Å². The summed E-state index contributed by atoms with van der Waals surface area (Å²) in [6.45, 7) is 3.67. The maximum atomic E-state index is 12.5. The van der Waals surface area contributed by atoms with Gasteiger partial charge in [-0.15, -0.1) is 0 Å². The number of primary amides is 1. The Hall–Kier alpha value is -1.36. The second kappa shape index (κ2) is 6.82. The van der Waals surface area contributed by atoms with E-state index in [1.165, 1.54) is 19.3 Å². The molecule has 22 heavy (non-hydrogen) atoms. The predicted octanol–water partition coefficient (Wildman–Crippen LogP) is 1.14. The highest BCUT2D eigenvalue weighted by Gasteiger charge is 2.32. The Morgan fingerprint density at radius 1 is 1.09 bits per heavy atom. The first kappa shape index (κ1) is 15.5. The number of amides is 2. The fourth-order valence-corrected chi connectivity index (χ4v) is 3.89. The Balaban J connectivity index is 1.49. The molecule has 3 aliphatic rings. The van der Waals surface area contributed by atoms with Crippen molar-refractivity contribution in [2.45, 2.75) is 44.6 Å². The third kappa shape index (κ3) is 3.35. The fourth-order valence-electron chi connectivity index (χ4n) is 3.89. The molecule has 3 rings (SSSR count). The minimum atomic E-state index is -0.302. The van der Waals surface area contributed by atoms with Crippen molar-refractivity contribution in [1.29, 1.82) is 0 Å². The van der Waals surface area contributed by atoms with Crippen LogP contribution < -0.4 is 5.73 Å². The lowest BCUT2D eigenvalue weighted by atomic mass is 9.81. The zero-order valence-electron chi connectivity index (χ0n) is 13.2. The molecule has 5 nitrogen and oxygen atoms in total. The Bertz CT molecular complexity index is 451. The van der Waals surface area contributed by atoms with Crippen molar-refractivity contribution in [3.8, 4) is 0 Å². The third-order valence-electron chi connectivity index (χ3n) is 5.58. The molecule has 2 unspecified atom stereocenters. The molecule has 1 heterocycles. The van der Waals surface area contributed by atoms with Crippen LogP contribution in [0, 0.1) is 11.8 Å². The number of hydrogen-bond donors (Lipinski definition) is 1. The van der Waals surface area contributed by atoms with Crippen LogP contribution in [0.4, 0.5) is 0 Å². The van der Waals surface area contributed by atoms with Crippen LogP contribution in [0.1, 0.15) is 38.5 Å². The van der Waals surface area contributed by atoms with Gasteiger partial charge >= 0.3 is 0 Å². The van der Waals surface area contributed by atoms with Gasteiger partial charge in [0.25, 0.3) is 0 Å². The highest BCUT2D eigenvalue weighted by molar-refractivity contribution is 5.81. The molecular weight excluding hydrogens is 278 g/mol. The van der Waals surface area contributed by atoms with Crippen molar-refractivity contribution in [2.24, 2.45) is 17.6 Å². The summed E-state index contributed by atoms with van der Waals surface area (Å²) in [6.07, 6.45) is 10.2. The van der Waals surface area contributed by atoms with E-state index in [0.29, 0.717) is 6.42 Å². The molecule has 1 saturated heterocycles. The molecule has 2 amide bonds. The number of nitrogens with two attached hydrogens (primary N) is 1. The minimum absolute atomic E-state index is 0.0830. The van der Waals surface area contributed by atoms with Crippen LogP contribution >= 0.6 is 0 Å². The number of carbonyl (C=O) groups is 2. The molecule has 1 aliphatic heterocycles. The van der Waals surface area contributed by atoms with Crippen LogP contribution in [0.5, 0.6) is 0 Å². The van der Waals surface area contributed by atoms with Crippen LogP contribution in [0.3, 0.4) is 0 Å². The number of hydrogen-bond acceptors (Lipinski definition) is 3. The van der Waals surface area contributed by atoms with Crippen molar-refractivity contribution >= 4 is 11.8 Å². The zero-order valence-corrected chi connectivity index (χ0v) is 13.2. The highest BCUT2D eigenvalue weighted by Crippen LogP contribution is 2.29. The average Bonchev–Trinajstić information content (AvgIpc) is 2.46. The lowest BCUT2D eigenvalue weighted by Crippen LogP contribution is -2.53. The zero-order chi connectivity index (χ0) is 15.5. The van der Waals surface area contributed by atoms with E-state index in [9.17, 15) is 9.59 Å². The van der Waals surface area contributed by atoms with E-state index in [1.54, 1.807) is 0 Å². The summed E-state index contributed by atoms with van der Waals surface area (Å²) in [5, 5.41) is 0. The summed E-state index contributed by atoms with van der Waals surface area (Å²) in [5.41, 5.74) is 5.46. The second-order valence-electron chi connectivity index (χ2n) is 6.90. The quantitative estimate of drug-likeness (QED) is 0.792. The molecule has 0 radical (unpaired) electrons. The fraction of sp³-hybridized carbons (Fsp3) is 0.765. The topological polar surface area (TPSA) is 66.6 Å². The van der Waals surface area contributed by atoms with E-state index in [-0.39, 0.29) is 23.7 Å². The number of carbonyl (C=O) groups excluding carboxylic acids is 2. The van der Waals surface area contributed by atoms with Crippen LogP contribution in [0.25, 0.3) is 0 Å². The number of nitrogens with zero attached hydrogens (tertiary/aromatic N) is 2. The molecule has 0 aromatic carbocycles. The van der Waals surface area contributed by atoms with Crippen LogP contribution in [-0.2, 0) is 9.59 Å². The van der Waals surface area contributed by atoms with Crippen molar-refractivity contribution < 1.29 is 9.59 Å². The third-order valence-corrected chi connectivity index (χ3v) is 5.58. The van der Waals surface area contributed by atoms with Gasteiger partial charge in [0.15, 0.2) is 0 Å². The van der Waals surface area contributed by atoms with Crippen LogP contribution in [0.2, 0.25) is 0 Å². The summed E-state index contributed by atoms with van der Waals surface area (Å²) in [6, 6.07) is 0.764. The van der Waals surface area contributed by atoms with E-state index in [0.717, 1.165) is 45.1 Å². The van der Waals surface area contributed by atoms with Gasteiger partial charge in [-0.1, -0.05) is 18.6 Å². The molecule has 2 N–H and O–H groups in total. The SMILES string of the molecule is NC(=O)C1C=CCCC1CC(=O)N1CCN(C2CCC2)CC1. The molecule has 1 saturated carbocycles. The van der Waals surface area contributed by atoms with Crippen molar-refractivity contribution in [3.63, 3.8) is 0 Å². The number of rotatable bonds is 4. The van der Waals surface area contributed by atoms with Gasteiger partial charge in [-0.25, -0.2) is 0 Å². The molecule has 0 aromatic heterocycles. The van der Waals surface area contributed by atoms with E-state index in [4.69, 9.17) is 5.73 Å². The minimum Gasteiger partial charge on any atom is -0.369 e. The van der Waals surface area contributed by atoms with Gasteiger partial charge in [0.1, 0.15) is 0 Å². The van der Waals surface area contributed by atoms with Gasteiger partial charge in [0.05, 0.1) is 5.92 Å². The first-order valence-corrected chi connectivity index (χ1v) is 8.63. The van der Waals surface area contributed by atoms with Crippen molar-refractivity contribution in [2.75, 3.05) is 26.2 Å². The van der Waals surface area contributed by atoms with Gasteiger partial charge in [-0.05, 0) is 31.6 Å². The Morgan fingerprint density at radius 2 is 1.82 bits per heavy atom. The molecule has 0 aromatic rings. The lowest BCUT2D eigenvalue weighted by Gasteiger charge is -2.43. The molecule has 2 atom stereocenters. The van der Waals surface area contributed by atoms with Crippen molar-refractivity contribution in [1.82, 2.24) is 9.80 Å². The largest absolute Gasteiger partial charge is 0.369 e. The maximum Gasteiger partial charge on any atom is 0.224 e. The van der Waals surface area contributed by atoms with E-state index < -0.39 is 0 Å². The van der Waals surface area contributed by atoms with Crippen LogP contribution in [0.15, 0.2) is 12.2 Å². The van der Waals surface area contributed by atoms with Gasteiger partial charge in [0.2, 0.25) is 11.8 Å². The lowest BCUT2D eigenvalue weighted by molar-refractivity contribution is -0.135.